The molecule has 68 valence electrons. The van der Waals surface area contributed by atoms with E-state index in [4.69, 9.17) is 0 Å². The summed E-state index contributed by atoms with van der Waals surface area (Å²) in [6, 6.07) is 0. The lowest BCUT2D eigenvalue weighted by atomic mass is 10.3. The van der Waals surface area contributed by atoms with Gasteiger partial charge in [-0.15, -0.1) is 0 Å². The highest BCUT2D eigenvalue weighted by atomic mass is 31.2. The van der Waals surface area contributed by atoms with Gasteiger partial charge in [0.1, 0.15) is 0 Å². The van der Waals surface area contributed by atoms with Crippen molar-refractivity contribution >= 4 is 7.60 Å². The second-order valence-corrected chi connectivity index (χ2v) is 4.17. The summed E-state index contributed by atoms with van der Waals surface area (Å²) in [4.78, 5) is 20.0. The molecule has 0 radical (unpaired) electrons. The molecule has 7 heteroatoms. The van der Waals surface area contributed by atoms with Crippen molar-refractivity contribution in [2.75, 3.05) is 0 Å². The van der Waals surface area contributed by atoms with Crippen LogP contribution >= 0.6 is 7.60 Å². The second kappa shape index (κ2) is 3.13. The molecule has 0 aliphatic rings. The number of hydrogen-bond acceptors (Lipinski definition) is 3. The molecule has 0 saturated heterocycles. The Bertz CT molecular complexity index is 172. The van der Waals surface area contributed by atoms with Crippen molar-refractivity contribution in [2.24, 2.45) is 0 Å². The van der Waals surface area contributed by atoms with Gasteiger partial charge < -0.3 is 14.4 Å². The summed E-state index contributed by atoms with van der Waals surface area (Å²) in [5.41, 5.74) is -1.87. The first-order chi connectivity index (χ1) is 4.63. The Morgan fingerprint density at radius 1 is 1.45 bits per heavy atom. The third-order valence-electron chi connectivity index (χ3n) is 1.07. The molecule has 0 bridgehead atoms. The van der Waals surface area contributed by atoms with Crippen LogP contribution in [0.5, 0.6) is 0 Å². The lowest BCUT2D eigenvalue weighted by Crippen LogP contribution is -2.28. The van der Waals surface area contributed by atoms with Crippen LogP contribution in [0.15, 0.2) is 0 Å². The van der Waals surface area contributed by atoms with E-state index in [-0.39, 0.29) is 0 Å². The van der Waals surface area contributed by atoms with Gasteiger partial charge in [-0.25, -0.2) is 0 Å². The van der Waals surface area contributed by atoms with E-state index in [1.807, 2.05) is 0 Å². The van der Waals surface area contributed by atoms with Gasteiger partial charge in [0.25, 0.3) is 0 Å². The molecule has 1 atom stereocenters. The smallest absolute Gasteiger partial charge is 0.389 e. The number of halogens is 3. The molecule has 0 rings (SSSR count). The monoisotopic (exact) mass is 190 g/mol. The van der Waals surface area contributed by atoms with Crippen LogP contribution in [0, 0.1) is 0 Å². The second-order valence-electron chi connectivity index (χ2n) is 2.21. The van der Waals surface area contributed by atoms with Crippen LogP contribution in [0.25, 0.3) is 0 Å². The summed E-state index contributed by atoms with van der Waals surface area (Å²) in [6.45, 7) is 0.744. The summed E-state index contributed by atoms with van der Waals surface area (Å²) in [5.74, 6) is 0. The van der Waals surface area contributed by atoms with E-state index in [9.17, 15) is 27.5 Å². The Morgan fingerprint density at radius 3 is 1.91 bits per heavy atom. The van der Waals surface area contributed by atoms with Crippen LogP contribution in [0.1, 0.15) is 13.3 Å². The number of alkyl halides is 3. The van der Waals surface area contributed by atoms with E-state index in [1.54, 1.807) is 0 Å². The molecule has 0 aliphatic carbocycles. The van der Waals surface area contributed by atoms with E-state index >= 15 is 0 Å². The molecule has 0 N–H and O–H groups in total. The maximum atomic E-state index is 11.4. The van der Waals surface area contributed by atoms with Gasteiger partial charge >= 0.3 is 6.18 Å². The molecule has 11 heavy (non-hydrogen) atoms. The maximum Gasteiger partial charge on any atom is 0.389 e. The minimum absolute atomic E-state index is 0.744. The first kappa shape index (κ1) is 10.9. The van der Waals surface area contributed by atoms with Crippen molar-refractivity contribution in [3.63, 3.8) is 0 Å². The number of hydrogen-bond donors (Lipinski definition) is 0. The van der Waals surface area contributed by atoms with Crippen LogP contribution in [-0.2, 0) is 4.57 Å². The predicted octanol–water partition coefficient (Wildman–Crippen LogP) is 0.241. The lowest BCUT2D eigenvalue weighted by Gasteiger charge is -2.36. The normalized spacial score (nSPS) is 16.5. The molecule has 0 saturated carbocycles. The van der Waals surface area contributed by atoms with E-state index < -0.39 is 25.9 Å². The van der Waals surface area contributed by atoms with E-state index in [2.05, 4.69) is 0 Å². The largest absolute Gasteiger partial charge is 0.811 e. The molecule has 0 heterocycles. The Morgan fingerprint density at radius 2 is 1.82 bits per heavy atom. The van der Waals surface area contributed by atoms with Gasteiger partial charge in [-0.05, 0) is 5.66 Å². The van der Waals surface area contributed by atoms with Gasteiger partial charge in [-0.1, -0.05) is 14.5 Å². The van der Waals surface area contributed by atoms with Crippen molar-refractivity contribution in [3.8, 4) is 0 Å². The third kappa shape index (κ3) is 5.24. The average molecular weight is 190 g/mol. The van der Waals surface area contributed by atoms with Crippen molar-refractivity contribution in [3.05, 3.63) is 0 Å². The maximum absolute atomic E-state index is 11.4. The summed E-state index contributed by atoms with van der Waals surface area (Å²) >= 11 is 0. The summed E-state index contributed by atoms with van der Waals surface area (Å²) < 4.78 is 44.3. The summed E-state index contributed by atoms with van der Waals surface area (Å²) in [5, 5.41) is 0. The van der Waals surface area contributed by atoms with Gasteiger partial charge in [0.05, 0.1) is 6.42 Å². The SMILES string of the molecule is CC(CC(F)(F)F)P(=O)([O-])[O-]. The third-order valence-corrected chi connectivity index (χ3v) is 2.33. The van der Waals surface area contributed by atoms with Gasteiger partial charge in [0.2, 0.25) is 0 Å². The molecule has 3 nitrogen and oxygen atoms in total. The zero-order valence-corrected chi connectivity index (χ0v) is 6.48. The quantitative estimate of drug-likeness (QED) is 0.586. The molecule has 0 fully saturated rings. The van der Waals surface area contributed by atoms with Crippen molar-refractivity contribution in [1.82, 2.24) is 0 Å². The Balaban J connectivity index is 4.10. The summed E-state index contributed by atoms with van der Waals surface area (Å²) in [7, 11) is -5.07. The standard InChI is InChI=1S/C4H8F3O3P/c1-3(11(8,9)10)2-4(5,6)7/h3H,2H2,1H3,(H2,8,9,10)/p-2. The van der Waals surface area contributed by atoms with Crippen molar-refractivity contribution in [1.29, 1.82) is 0 Å². The Hall–Kier alpha value is -0.0600. The highest BCUT2D eigenvalue weighted by Gasteiger charge is 2.30. The first-order valence-corrected chi connectivity index (χ1v) is 4.32. The molecule has 1 unspecified atom stereocenters. The highest BCUT2D eigenvalue weighted by Crippen LogP contribution is 2.38. The average Bonchev–Trinajstić information content (AvgIpc) is 1.56. The fraction of sp³-hybridized carbons (Fsp3) is 1.00. The van der Waals surface area contributed by atoms with Crippen molar-refractivity contribution < 1.29 is 27.5 Å². The van der Waals surface area contributed by atoms with Crippen LogP contribution in [0.3, 0.4) is 0 Å². The molecule has 0 spiro atoms. The molecule has 0 aromatic rings. The zero-order valence-electron chi connectivity index (χ0n) is 5.59. The fourth-order valence-electron chi connectivity index (χ4n) is 0.447. The van der Waals surface area contributed by atoms with E-state index in [0.29, 0.717) is 0 Å². The van der Waals surface area contributed by atoms with Crippen LogP contribution in [0.4, 0.5) is 13.2 Å². The first-order valence-electron chi connectivity index (χ1n) is 2.71. The fourth-order valence-corrected chi connectivity index (χ4v) is 0.877. The van der Waals surface area contributed by atoms with Crippen molar-refractivity contribution in [2.45, 2.75) is 25.2 Å². The van der Waals surface area contributed by atoms with Gasteiger partial charge in [-0.2, -0.15) is 13.2 Å². The van der Waals surface area contributed by atoms with Crippen LogP contribution < -0.4 is 9.79 Å². The molecule has 0 aliphatic heterocycles. The minimum atomic E-state index is -5.07. The zero-order chi connectivity index (χ0) is 9.28. The van der Waals surface area contributed by atoms with Crippen LogP contribution in [0.2, 0.25) is 0 Å². The van der Waals surface area contributed by atoms with Gasteiger partial charge in [-0.3, -0.25) is 0 Å². The number of rotatable bonds is 2. The highest BCUT2D eigenvalue weighted by molar-refractivity contribution is 7.49. The molecule has 0 aromatic carbocycles. The molecular formula is C4H6F3O3P-2. The van der Waals surface area contributed by atoms with Gasteiger partial charge in [0, 0.05) is 0 Å². The summed E-state index contributed by atoms with van der Waals surface area (Å²) in [6.07, 6.45) is -6.17. The van der Waals surface area contributed by atoms with Gasteiger partial charge in [0.15, 0.2) is 0 Å². The Labute approximate surface area is 61.4 Å². The minimum Gasteiger partial charge on any atom is -0.811 e. The van der Waals surface area contributed by atoms with E-state index in [1.165, 1.54) is 0 Å². The molecule has 0 amide bonds. The van der Waals surface area contributed by atoms with Crippen LogP contribution in [-0.4, -0.2) is 11.8 Å². The van der Waals surface area contributed by atoms with E-state index in [0.717, 1.165) is 6.92 Å². The lowest BCUT2D eigenvalue weighted by molar-refractivity contribution is -0.318. The molecule has 0 aromatic heterocycles. The topological polar surface area (TPSA) is 63.2 Å². The molecular weight excluding hydrogens is 184 g/mol. The predicted molar refractivity (Wildman–Crippen MR) is 27.7 cm³/mol. The Kier molecular flexibility index (Phi) is 3.11.